The molecular formula is C26H28ClN5O3. The molecule has 0 bridgehead atoms. The Morgan fingerprint density at radius 1 is 1.06 bits per heavy atom. The van der Waals surface area contributed by atoms with Crippen LogP contribution in [0.15, 0.2) is 60.9 Å². The lowest BCUT2D eigenvalue weighted by Crippen LogP contribution is -2.64. The van der Waals surface area contributed by atoms with Gasteiger partial charge in [0.2, 0.25) is 5.91 Å². The molecule has 0 aliphatic carbocycles. The zero-order chi connectivity index (χ0) is 25.0. The molecule has 3 aromatic rings. The van der Waals surface area contributed by atoms with Crippen molar-refractivity contribution in [2.75, 3.05) is 6.54 Å². The predicted molar refractivity (Wildman–Crippen MR) is 133 cm³/mol. The van der Waals surface area contributed by atoms with E-state index in [0.717, 1.165) is 11.1 Å². The van der Waals surface area contributed by atoms with Crippen LogP contribution >= 0.6 is 11.6 Å². The van der Waals surface area contributed by atoms with Crippen molar-refractivity contribution < 1.29 is 14.4 Å². The van der Waals surface area contributed by atoms with E-state index in [-0.39, 0.29) is 30.4 Å². The van der Waals surface area contributed by atoms with Crippen molar-refractivity contribution in [3.8, 4) is 0 Å². The van der Waals surface area contributed by atoms with Gasteiger partial charge in [0, 0.05) is 24.7 Å². The van der Waals surface area contributed by atoms with Crippen LogP contribution in [-0.4, -0.2) is 44.3 Å². The largest absolute Gasteiger partial charge is 0.350 e. The Balaban J connectivity index is 1.55. The number of halogens is 1. The van der Waals surface area contributed by atoms with E-state index in [1.165, 1.54) is 6.33 Å². The standard InChI is InChI=1S/C26H28ClN5O3/c1-3-13-32-24(34)22-21(23(33)28-15-19-11-7-8-12-20(19)27)30-17-31(22)16-26(32,2)25(35)29-14-18-9-5-4-6-10-18/h4-12,17H,3,13-16H2,1-2H3,(H,28,33)(H,29,35). The maximum atomic E-state index is 13.6. The molecule has 9 heteroatoms. The Labute approximate surface area is 209 Å². The predicted octanol–water partition coefficient (Wildman–Crippen LogP) is 3.41. The third-order valence-corrected chi connectivity index (χ3v) is 6.57. The van der Waals surface area contributed by atoms with Crippen LogP contribution in [0.3, 0.4) is 0 Å². The molecule has 0 saturated heterocycles. The number of fused-ring (bicyclic) bond motifs is 1. The zero-order valence-corrected chi connectivity index (χ0v) is 20.5. The minimum atomic E-state index is -1.12. The van der Waals surface area contributed by atoms with Crippen LogP contribution in [-0.2, 0) is 24.4 Å². The summed E-state index contributed by atoms with van der Waals surface area (Å²) in [4.78, 5) is 45.7. The number of carbonyl (C=O) groups excluding carboxylic acids is 3. The minimum absolute atomic E-state index is 0.0369. The van der Waals surface area contributed by atoms with Gasteiger partial charge in [-0.05, 0) is 30.5 Å². The summed E-state index contributed by atoms with van der Waals surface area (Å²) in [7, 11) is 0. The molecule has 2 heterocycles. The van der Waals surface area contributed by atoms with E-state index in [4.69, 9.17) is 11.6 Å². The molecule has 0 saturated carbocycles. The first-order chi connectivity index (χ1) is 16.8. The number of nitrogens with zero attached hydrogens (tertiary/aromatic N) is 3. The second-order valence-corrected chi connectivity index (χ2v) is 9.15. The van der Waals surface area contributed by atoms with Gasteiger partial charge in [0.1, 0.15) is 11.2 Å². The van der Waals surface area contributed by atoms with Gasteiger partial charge in [0.05, 0.1) is 12.9 Å². The van der Waals surface area contributed by atoms with Crippen molar-refractivity contribution in [1.82, 2.24) is 25.1 Å². The average Bonchev–Trinajstić information content (AvgIpc) is 3.28. The summed E-state index contributed by atoms with van der Waals surface area (Å²) in [5.41, 5.74) is 0.825. The van der Waals surface area contributed by atoms with Crippen LogP contribution in [0.25, 0.3) is 0 Å². The van der Waals surface area contributed by atoms with Crippen molar-refractivity contribution in [1.29, 1.82) is 0 Å². The smallest absolute Gasteiger partial charge is 0.273 e. The SMILES string of the molecule is CCCN1C(=O)c2c(C(=O)NCc3ccccc3Cl)ncn2CC1(C)C(=O)NCc1ccccc1. The summed E-state index contributed by atoms with van der Waals surface area (Å²) in [6.45, 7) is 4.83. The van der Waals surface area contributed by atoms with Crippen LogP contribution in [0.4, 0.5) is 0 Å². The van der Waals surface area contributed by atoms with Gasteiger partial charge in [-0.3, -0.25) is 14.4 Å². The van der Waals surface area contributed by atoms with Gasteiger partial charge >= 0.3 is 0 Å². The molecule has 0 spiro atoms. The number of amides is 3. The zero-order valence-electron chi connectivity index (χ0n) is 19.8. The summed E-state index contributed by atoms with van der Waals surface area (Å²) in [6.07, 6.45) is 2.11. The van der Waals surface area contributed by atoms with Gasteiger partial charge < -0.3 is 20.1 Å². The van der Waals surface area contributed by atoms with Gasteiger partial charge in [0.25, 0.3) is 11.8 Å². The maximum Gasteiger partial charge on any atom is 0.273 e. The molecule has 1 unspecified atom stereocenters. The Kier molecular flexibility index (Phi) is 7.21. The average molecular weight is 494 g/mol. The highest BCUT2D eigenvalue weighted by atomic mass is 35.5. The molecule has 0 fully saturated rings. The van der Waals surface area contributed by atoms with Gasteiger partial charge in [0.15, 0.2) is 5.69 Å². The molecular weight excluding hydrogens is 466 g/mol. The molecule has 35 heavy (non-hydrogen) atoms. The molecule has 0 radical (unpaired) electrons. The second kappa shape index (κ2) is 10.3. The first-order valence-corrected chi connectivity index (χ1v) is 11.9. The van der Waals surface area contributed by atoms with E-state index < -0.39 is 17.4 Å². The number of imidazole rings is 1. The highest BCUT2D eigenvalue weighted by molar-refractivity contribution is 6.31. The summed E-state index contributed by atoms with van der Waals surface area (Å²) >= 11 is 6.18. The van der Waals surface area contributed by atoms with E-state index in [2.05, 4.69) is 15.6 Å². The van der Waals surface area contributed by atoms with Gasteiger partial charge in [-0.1, -0.05) is 67.1 Å². The van der Waals surface area contributed by atoms with E-state index in [1.54, 1.807) is 22.5 Å². The lowest BCUT2D eigenvalue weighted by molar-refractivity contribution is -0.133. The number of benzene rings is 2. The Hall–Kier alpha value is -3.65. The highest BCUT2D eigenvalue weighted by Crippen LogP contribution is 2.29. The number of nitrogens with one attached hydrogen (secondary N) is 2. The lowest BCUT2D eigenvalue weighted by atomic mass is 9.94. The Bertz CT molecular complexity index is 1240. The van der Waals surface area contributed by atoms with Crippen LogP contribution in [0.1, 0.15) is 52.4 Å². The van der Waals surface area contributed by atoms with Crippen molar-refractivity contribution >= 4 is 29.3 Å². The van der Waals surface area contributed by atoms with E-state index in [9.17, 15) is 14.4 Å². The van der Waals surface area contributed by atoms with Crippen molar-refractivity contribution in [3.05, 3.63) is 88.5 Å². The third kappa shape index (κ3) is 4.93. The summed E-state index contributed by atoms with van der Waals surface area (Å²) in [6, 6.07) is 16.8. The van der Waals surface area contributed by atoms with E-state index in [1.807, 2.05) is 55.5 Å². The highest BCUT2D eigenvalue weighted by Gasteiger charge is 2.48. The normalized spacial score (nSPS) is 17.1. The number of rotatable bonds is 8. The molecule has 2 N–H and O–H groups in total. The summed E-state index contributed by atoms with van der Waals surface area (Å²) in [5, 5.41) is 6.30. The van der Waals surface area contributed by atoms with Gasteiger partial charge in [-0.2, -0.15) is 0 Å². The fraction of sp³-hybridized carbons (Fsp3) is 0.308. The Morgan fingerprint density at radius 2 is 1.77 bits per heavy atom. The number of hydrogen-bond acceptors (Lipinski definition) is 4. The molecule has 1 aliphatic heterocycles. The van der Waals surface area contributed by atoms with Gasteiger partial charge in [-0.25, -0.2) is 4.98 Å². The fourth-order valence-electron chi connectivity index (χ4n) is 4.30. The quantitative estimate of drug-likeness (QED) is 0.502. The fourth-order valence-corrected chi connectivity index (χ4v) is 4.50. The molecule has 1 aliphatic rings. The number of aromatic nitrogens is 2. The molecule has 8 nitrogen and oxygen atoms in total. The molecule has 4 rings (SSSR count). The number of hydrogen-bond donors (Lipinski definition) is 2. The Morgan fingerprint density at radius 3 is 2.49 bits per heavy atom. The summed E-state index contributed by atoms with van der Waals surface area (Å²) in [5.74, 6) is -1.12. The van der Waals surface area contributed by atoms with Crippen molar-refractivity contribution in [2.24, 2.45) is 0 Å². The second-order valence-electron chi connectivity index (χ2n) is 8.74. The number of carbonyl (C=O) groups is 3. The maximum absolute atomic E-state index is 13.6. The first kappa shape index (κ1) is 24.5. The van der Waals surface area contributed by atoms with E-state index >= 15 is 0 Å². The third-order valence-electron chi connectivity index (χ3n) is 6.20. The first-order valence-electron chi connectivity index (χ1n) is 11.6. The van der Waals surface area contributed by atoms with E-state index in [0.29, 0.717) is 24.5 Å². The molecule has 1 atom stereocenters. The monoisotopic (exact) mass is 493 g/mol. The van der Waals surface area contributed by atoms with Crippen LogP contribution < -0.4 is 10.6 Å². The van der Waals surface area contributed by atoms with Crippen LogP contribution in [0.5, 0.6) is 0 Å². The lowest BCUT2D eigenvalue weighted by Gasteiger charge is -2.43. The van der Waals surface area contributed by atoms with Gasteiger partial charge in [-0.15, -0.1) is 0 Å². The van der Waals surface area contributed by atoms with Crippen molar-refractivity contribution in [3.63, 3.8) is 0 Å². The molecule has 3 amide bonds. The molecule has 1 aromatic heterocycles. The van der Waals surface area contributed by atoms with Crippen molar-refractivity contribution in [2.45, 2.75) is 45.4 Å². The minimum Gasteiger partial charge on any atom is -0.350 e. The molecule has 182 valence electrons. The van der Waals surface area contributed by atoms with Crippen LogP contribution in [0.2, 0.25) is 5.02 Å². The summed E-state index contributed by atoms with van der Waals surface area (Å²) < 4.78 is 1.60. The molecule has 2 aromatic carbocycles. The van der Waals surface area contributed by atoms with Crippen LogP contribution in [0, 0.1) is 0 Å². The topological polar surface area (TPSA) is 96.3 Å².